The number of likely N-dealkylation sites (N-methyl/N-ethyl adjacent to an activating group) is 1. The Bertz CT molecular complexity index is 715. The molecule has 0 fully saturated rings. The fourth-order valence-corrected chi connectivity index (χ4v) is 2.75. The number of ether oxygens (including phenoxy) is 1. The molecule has 0 aliphatic carbocycles. The van der Waals surface area contributed by atoms with Crippen LogP contribution in [0.1, 0.15) is 25.5 Å². The van der Waals surface area contributed by atoms with Crippen LogP contribution in [-0.4, -0.2) is 36.1 Å². The molecular formula is C14H15F8NO3S. The number of esters is 1. The van der Waals surface area contributed by atoms with Crippen molar-refractivity contribution in [1.29, 1.82) is 0 Å². The van der Waals surface area contributed by atoms with E-state index in [0.29, 0.717) is 12.1 Å². The van der Waals surface area contributed by atoms with Crippen LogP contribution >= 0.6 is 10.2 Å². The number of carbonyl (C=O) groups is 2. The minimum Gasteiger partial charge on any atom is -0.449 e. The summed E-state index contributed by atoms with van der Waals surface area (Å²) >= 11 is 0. The number of carbonyl (C=O) groups excluding carboxylic acids is 2. The fourth-order valence-electron chi connectivity index (χ4n) is 2.10. The van der Waals surface area contributed by atoms with Crippen LogP contribution in [0.5, 0.6) is 0 Å². The molecule has 1 atom stereocenters. The molecule has 0 N–H and O–H groups in total. The van der Waals surface area contributed by atoms with E-state index in [9.17, 15) is 42.2 Å². The van der Waals surface area contributed by atoms with Gasteiger partial charge in [0.2, 0.25) is 0 Å². The first-order chi connectivity index (χ1) is 11.9. The van der Waals surface area contributed by atoms with E-state index >= 15 is 0 Å². The second-order valence-electron chi connectivity index (χ2n) is 5.50. The highest BCUT2D eigenvalue weighted by molar-refractivity contribution is 8.45. The fraction of sp³-hybridized carbons (Fsp3) is 0.429. The molecule has 0 bridgehead atoms. The molecule has 1 rings (SSSR count). The molecule has 0 aromatic heterocycles. The van der Waals surface area contributed by atoms with Gasteiger partial charge >= 0.3 is 28.3 Å². The Balaban J connectivity index is 3.00. The average Bonchev–Trinajstić information content (AvgIpc) is 2.50. The lowest BCUT2D eigenvalue weighted by atomic mass is 10.1. The topological polar surface area (TPSA) is 46.6 Å². The lowest BCUT2D eigenvalue weighted by molar-refractivity contribution is -0.189. The first-order valence-corrected chi connectivity index (χ1v) is 9.19. The number of rotatable bonds is 5. The maximum atomic E-state index is 12.7. The molecule has 1 aromatic carbocycles. The van der Waals surface area contributed by atoms with Crippen molar-refractivity contribution >= 4 is 22.1 Å². The summed E-state index contributed by atoms with van der Waals surface area (Å²) in [5.74, 6) is -3.25. The number of alkyl halides is 3. The van der Waals surface area contributed by atoms with Crippen LogP contribution < -0.4 is 0 Å². The monoisotopic (exact) mass is 429 g/mol. The zero-order valence-corrected chi connectivity index (χ0v) is 14.7. The van der Waals surface area contributed by atoms with E-state index in [1.807, 2.05) is 0 Å². The third-order valence-corrected chi connectivity index (χ3v) is 4.58. The molecule has 1 unspecified atom stereocenters. The van der Waals surface area contributed by atoms with E-state index in [4.69, 9.17) is 0 Å². The van der Waals surface area contributed by atoms with Gasteiger partial charge in [0.1, 0.15) is 4.90 Å². The van der Waals surface area contributed by atoms with Crippen LogP contribution in [0.15, 0.2) is 29.2 Å². The summed E-state index contributed by atoms with van der Waals surface area (Å²) in [5.41, 5.74) is -0.0422. The number of hydrogen-bond donors (Lipinski definition) is 0. The van der Waals surface area contributed by atoms with Gasteiger partial charge in [0.05, 0.1) is 6.04 Å². The van der Waals surface area contributed by atoms with Gasteiger partial charge in [0.15, 0.2) is 6.61 Å². The van der Waals surface area contributed by atoms with Crippen LogP contribution in [0.4, 0.5) is 32.6 Å². The number of hydrogen-bond acceptors (Lipinski definition) is 3. The van der Waals surface area contributed by atoms with Crippen LogP contribution in [0.3, 0.4) is 0 Å². The minimum atomic E-state index is -9.87. The van der Waals surface area contributed by atoms with Crippen molar-refractivity contribution in [3.05, 3.63) is 29.8 Å². The van der Waals surface area contributed by atoms with Crippen molar-refractivity contribution in [2.75, 3.05) is 13.2 Å². The first kappa shape index (κ1) is 23.0. The SMILES string of the molecule is CCN(C(=O)C(=O)OCC(F)(F)F)C(C)c1ccc(S(F)(F)(F)(F)F)cc1. The zero-order chi connectivity index (χ0) is 21.3. The predicted octanol–water partition coefficient (Wildman–Crippen LogP) is 5.36. The molecule has 156 valence electrons. The second kappa shape index (κ2) is 6.53. The Kier molecular flexibility index (Phi) is 5.56. The van der Waals surface area contributed by atoms with Crippen LogP contribution in [0.25, 0.3) is 0 Å². The Morgan fingerprint density at radius 1 is 1.07 bits per heavy atom. The van der Waals surface area contributed by atoms with Crippen molar-refractivity contribution in [2.45, 2.75) is 31.0 Å². The second-order valence-corrected chi connectivity index (χ2v) is 7.91. The zero-order valence-electron chi connectivity index (χ0n) is 13.9. The largest absolute Gasteiger partial charge is 0.449 e. The van der Waals surface area contributed by atoms with E-state index in [1.165, 1.54) is 13.8 Å². The van der Waals surface area contributed by atoms with Gasteiger partial charge in [0.25, 0.3) is 0 Å². The van der Waals surface area contributed by atoms with Gasteiger partial charge in [0, 0.05) is 6.54 Å². The molecule has 0 radical (unpaired) electrons. The molecule has 0 saturated carbocycles. The lowest BCUT2D eigenvalue weighted by Crippen LogP contribution is -2.40. The average molecular weight is 429 g/mol. The summed E-state index contributed by atoms with van der Waals surface area (Å²) in [6.07, 6.45) is -4.85. The summed E-state index contributed by atoms with van der Waals surface area (Å²) in [7, 11) is -9.87. The van der Waals surface area contributed by atoms with Crippen LogP contribution in [0, 0.1) is 0 Å². The molecule has 0 aliphatic rings. The van der Waals surface area contributed by atoms with Crippen molar-refractivity contribution in [2.24, 2.45) is 0 Å². The van der Waals surface area contributed by atoms with Gasteiger partial charge in [-0.25, -0.2) is 4.79 Å². The molecule has 0 heterocycles. The predicted molar refractivity (Wildman–Crippen MR) is 80.7 cm³/mol. The summed E-state index contributed by atoms with van der Waals surface area (Å²) < 4.78 is 103. The van der Waals surface area contributed by atoms with E-state index < -0.39 is 45.8 Å². The Morgan fingerprint density at radius 2 is 1.56 bits per heavy atom. The van der Waals surface area contributed by atoms with Gasteiger partial charge in [-0.2, -0.15) is 13.2 Å². The molecule has 1 aromatic rings. The van der Waals surface area contributed by atoms with Crippen LogP contribution in [0.2, 0.25) is 0 Å². The smallest absolute Gasteiger partial charge is 0.422 e. The van der Waals surface area contributed by atoms with Crippen molar-refractivity contribution in [3.63, 3.8) is 0 Å². The third kappa shape index (κ3) is 6.56. The quantitative estimate of drug-likeness (QED) is 0.360. The maximum Gasteiger partial charge on any atom is 0.422 e. The highest BCUT2D eigenvalue weighted by Crippen LogP contribution is 3.02. The van der Waals surface area contributed by atoms with E-state index in [-0.39, 0.29) is 24.2 Å². The van der Waals surface area contributed by atoms with Gasteiger partial charge in [-0.15, -0.1) is 0 Å². The highest BCUT2D eigenvalue weighted by atomic mass is 32.5. The molecule has 0 saturated heterocycles. The highest BCUT2D eigenvalue weighted by Gasteiger charge is 2.65. The lowest BCUT2D eigenvalue weighted by Gasteiger charge is -2.40. The molecule has 0 aliphatic heterocycles. The standard InChI is InChI=1S/C14H15F8NO3S/c1-3-23(12(24)13(25)26-8-14(15,16)17)9(2)10-4-6-11(7-5-10)27(18,19,20,21)22/h4-7,9H,3,8H2,1-2H3. The minimum absolute atomic E-state index is 0.0422. The van der Waals surface area contributed by atoms with E-state index in [0.717, 1.165) is 4.90 Å². The summed E-state index contributed by atoms with van der Waals surface area (Å²) in [6, 6.07) is 0.555. The molecule has 4 nitrogen and oxygen atoms in total. The number of benzene rings is 1. The molecule has 27 heavy (non-hydrogen) atoms. The first-order valence-electron chi connectivity index (χ1n) is 7.24. The summed E-state index contributed by atoms with van der Waals surface area (Å²) in [5, 5.41) is 0. The van der Waals surface area contributed by atoms with Crippen molar-refractivity contribution in [1.82, 2.24) is 4.90 Å². The van der Waals surface area contributed by atoms with Gasteiger partial charge in [-0.1, -0.05) is 31.6 Å². The number of nitrogens with zero attached hydrogens (tertiary/aromatic N) is 1. The Hall–Kier alpha value is -2.05. The normalized spacial score (nSPS) is 16.1. The molecule has 13 heteroatoms. The maximum absolute atomic E-state index is 12.7. The van der Waals surface area contributed by atoms with E-state index in [2.05, 4.69) is 4.74 Å². The number of amides is 1. The third-order valence-electron chi connectivity index (χ3n) is 3.42. The molecule has 0 spiro atoms. The molecular weight excluding hydrogens is 414 g/mol. The Labute approximate surface area is 148 Å². The van der Waals surface area contributed by atoms with Crippen LogP contribution in [-0.2, 0) is 14.3 Å². The van der Waals surface area contributed by atoms with Crippen molar-refractivity contribution < 1.29 is 46.9 Å². The Morgan fingerprint density at radius 3 is 1.93 bits per heavy atom. The van der Waals surface area contributed by atoms with Gasteiger partial charge in [-0.3, -0.25) is 4.79 Å². The van der Waals surface area contributed by atoms with Crippen molar-refractivity contribution in [3.8, 4) is 0 Å². The van der Waals surface area contributed by atoms with Gasteiger partial charge < -0.3 is 9.64 Å². The summed E-state index contributed by atoms with van der Waals surface area (Å²) in [4.78, 5) is 22.0. The molecule has 1 amide bonds. The summed E-state index contributed by atoms with van der Waals surface area (Å²) in [6.45, 7) is 0.425. The van der Waals surface area contributed by atoms with E-state index in [1.54, 1.807) is 0 Å². The number of halogens is 8. The van der Waals surface area contributed by atoms with Gasteiger partial charge in [-0.05, 0) is 31.5 Å².